The fourth-order valence-corrected chi connectivity index (χ4v) is 4.95. The van der Waals surface area contributed by atoms with Crippen LogP contribution in [0.15, 0.2) is 12.3 Å². The van der Waals surface area contributed by atoms with Gasteiger partial charge in [-0.15, -0.1) is 0 Å². The molecule has 2 saturated carbocycles. The van der Waals surface area contributed by atoms with Crippen LogP contribution in [-0.2, 0) is 6.42 Å². The minimum absolute atomic E-state index is 0.405. The molecule has 0 N–H and O–H groups in total. The summed E-state index contributed by atoms with van der Waals surface area (Å²) in [6, 6.07) is 2.17. The molecular weight excluding hydrogens is 294 g/mol. The molecule has 1 aromatic rings. The van der Waals surface area contributed by atoms with Crippen molar-refractivity contribution in [1.29, 1.82) is 0 Å². The molecule has 2 nitrogen and oxygen atoms in total. The first-order valence-corrected chi connectivity index (χ1v) is 10.3. The number of nitrogens with zero attached hydrogens (tertiary/aromatic N) is 1. The average molecular weight is 330 g/mol. The lowest BCUT2D eigenvalue weighted by atomic mass is 9.70. The standard InChI is InChI=1S/C22H35NO/c1-4-17-6-8-18(9-7-17)19-10-12-20(13-11-19)24-21-14-16(3)22(5-2)23-15-21/h14-15,17-20H,4-13H2,1-3H3/t17-,18-,19-,20-. The smallest absolute Gasteiger partial charge is 0.138 e. The Balaban J connectivity index is 1.46. The van der Waals surface area contributed by atoms with Crippen molar-refractivity contribution in [2.24, 2.45) is 17.8 Å². The number of aromatic nitrogens is 1. The molecule has 1 aromatic heterocycles. The van der Waals surface area contributed by atoms with Gasteiger partial charge in [-0.3, -0.25) is 4.98 Å². The molecule has 0 amide bonds. The second kappa shape index (κ2) is 8.36. The van der Waals surface area contributed by atoms with Gasteiger partial charge in [-0.2, -0.15) is 0 Å². The van der Waals surface area contributed by atoms with Crippen LogP contribution in [-0.4, -0.2) is 11.1 Å². The van der Waals surface area contributed by atoms with Crippen LogP contribution in [0, 0.1) is 24.7 Å². The minimum atomic E-state index is 0.405. The molecule has 0 unspecified atom stereocenters. The third kappa shape index (κ3) is 4.32. The van der Waals surface area contributed by atoms with Crippen LogP contribution in [0.4, 0.5) is 0 Å². The van der Waals surface area contributed by atoms with Crippen LogP contribution in [0.25, 0.3) is 0 Å². The summed E-state index contributed by atoms with van der Waals surface area (Å²) >= 11 is 0. The Kier molecular flexibility index (Phi) is 6.19. The molecule has 2 heteroatoms. The Hall–Kier alpha value is -1.05. The van der Waals surface area contributed by atoms with E-state index in [2.05, 4.69) is 31.8 Å². The van der Waals surface area contributed by atoms with E-state index in [0.29, 0.717) is 6.10 Å². The van der Waals surface area contributed by atoms with Crippen molar-refractivity contribution < 1.29 is 4.74 Å². The highest BCUT2D eigenvalue weighted by Gasteiger charge is 2.31. The van der Waals surface area contributed by atoms with Gasteiger partial charge >= 0.3 is 0 Å². The summed E-state index contributed by atoms with van der Waals surface area (Å²) in [5.74, 6) is 3.95. The van der Waals surface area contributed by atoms with Gasteiger partial charge < -0.3 is 4.74 Å². The van der Waals surface area contributed by atoms with Crippen LogP contribution in [0.1, 0.15) is 82.9 Å². The van der Waals surface area contributed by atoms with Gasteiger partial charge in [0.2, 0.25) is 0 Å². The SMILES string of the molecule is CCc1ncc(O[C@H]2CC[C@H]([C@H]3CC[C@H](CC)CC3)CC2)cc1C. The van der Waals surface area contributed by atoms with Crippen molar-refractivity contribution in [2.75, 3.05) is 0 Å². The molecule has 2 aliphatic rings. The maximum absolute atomic E-state index is 6.24. The molecule has 3 rings (SSSR count). The van der Waals surface area contributed by atoms with Crippen LogP contribution >= 0.6 is 0 Å². The van der Waals surface area contributed by atoms with Gasteiger partial charge in [0.25, 0.3) is 0 Å². The van der Waals surface area contributed by atoms with Crippen LogP contribution in [0.3, 0.4) is 0 Å². The fourth-order valence-electron chi connectivity index (χ4n) is 4.95. The molecule has 24 heavy (non-hydrogen) atoms. The summed E-state index contributed by atoms with van der Waals surface area (Å²) in [6.07, 6.45) is 15.8. The van der Waals surface area contributed by atoms with E-state index in [1.165, 1.54) is 69.0 Å². The fraction of sp³-hybridized carbons (Fsp3) is 0.773. The molecule has 134 valence electrons. The molecule has 0 aliphatic heterocycles. The van der Waals surface area contributed by atoms with Gasteiger partial charge in [-0.1, -0.05) is 33.1 Å². The van der Waals surface area contributed by atoms with Crippen LogP contribution < -0.4 is 4.74 Å². The van der Waals surface area contributed by atoms with Gasteiger partial charge in [-0.25, -0.2) is 0 Å². The van der Waals surface area contributed by atoms with Gasteiger partial charge in [0.05, 0.1) is 12.3 Å². The van der Waals surface area contributed by atoms with E-state index >= 15 is 0 Å². The monoisotopic (exact) mass is 329 g/mol. The highest BCUT2D eigenvalue weighted by Crippen LogP contribution is 2.41. The molecule has 2 fully saturated rings. The molecular formula is C22H35NO. The molecule has 0 aromatic carbocycles. The van der Waals surface area contributed by atoms with Gasteiger partial charge in [0.15, 0.2) is 0 Å². The highest BCUT2D eigenvalue weighted by atomic mass is 16.5. The predicted octanol–water partition coefficient (Wildman–Crippen LogP) is 6.11. The normalized spacial score (nSPS) is 31.0. The molecule has 0 saturated heterocycles. The molecule has 0 spiro atoms. The first-order chi connectivity index (χ1) is 11.7. The van der Waals surface area contributed by atoms with Crippen molar-refractivity contribution in [3.8, 4) is 5.75 Å². The Morgan fingerprint density at radius 2 is 1.58 bits per heavy atom. The predicted molar refractivity (Wildman–Crippen MR) is 100 cm³/mol. The Labute approximate surface area is 148 Å². The number of hydrogen-bond donors (Lipinski definition) is 0. The topological polar surface area (TPSA) is 22.1 Å². The molecule has 0 bridgehead atoms. The average Bonchev–Trinajstić information content (AvgIpc) is 2.63. The largest absolute Gasteiger partial charge is 0.489 e. The summed E-state index contributed by atoms with van der Waals surface area (Å²) in [7, 11) is 0. The summed E-state index contributed by atoms with van der Waals surface area (Å²) in [6.45, 7) is 6.66. The van der Waals surface area contributed by atoms with Crippen molar-refractivity contribution in [2.45, 2.75) is 91.1 Å². The quantitative estimate of drug-likeness (QED) is 0.650. The Morgan fingerprint density at radius 1 is 0.958 bits per heavy atom. The summed E-state index contributed by atoms with van der Waals surface area (Å²) in [5.41, 5.74) is 2.45. The van der Waals surface area contributed by atoms with E-state index in [9.17, 15) is 0 Å². The van der Waals surface area contributed by atoms with Crippen molar-refractivity contribution in [3.05, 3.63) is 23.5 Å². The van der Waals surface area contributed by atoms with Crippen molar-refractivity contribution in [1.82, 2.24) is 4.98 Å². The highest BCUT2D eigenvalue weighted by molar-refractivity contribution is 5.28. The van der Waals surface area contributed by atoms with Gasteiger partial charge in [-0.05, 0) is 81.3 Å². The lowest BCUT2D eigenvalue weighted by Crippen LogP contribution is -2.29. The third-order valence-corrected chi connectivity index (χ3v) is 6.65. The lowest BCUT2D eigenvalue weighted by molar-refractivity contribution is 0.0917. The van der Waals surface area contributed by atoms with E-state index in [0.717, 1.165) is 29.9 Å². The van der Waals surface area contributed by atoms with E-state index < -0.39 is 0 Å². The van der Waals surface area contributed by atoms with Crippen molar-refractivity contribution in [3.63, 3.8) is 0 Å². The zero-order chi connectivity index (χ0) is 16.9. The van der Waals surface area contributed by atoms with E-state index in [4.69, 9.17) is 4.74 Å². The van der Waals surface area contributed by atoms with Gasteiger partial charge in [0, 0.05) is 5.69 Å². The number of pyridine rings is 1. The van der Waals surface area contributed by atoms with Crippen molar-refractivity contribution >= 4 is 0 Å². The van der Waals surface area contributed by atoms with E-state index in [1.54, 1.807) is 0 Å². The maximum Gasteiger partial charge on any atom is 0.138 e. The first-order valence-electron chi connectivity index (χ1n) is 10.3. The molecule has 0 radical (unpaired) electrons. The van der Waals surface area contributed by atoms with Crippen LogP contribution in [0.5, 0.6) is 5.75 Å². The summed E-state index contributed by atoms with van der Waals surface area (Å²) in [5, 5.41) is 0. The van der Waals surface area contributed by atoms with Gasteiger partial charge in [0.1, 0.15) is 5.75 Å². The van der Waals surface area contributed by atoms with Crippen LogP contribution in [0.2, 0.25) is 0 Å². The minimum Gasteiger partial charge on any atom is -0.489 e. The Bertz CT molecular complexity index is 511. The van der Waals surface area contributed by atoms with E-state index in [-0.39, 0.29) is 0 Å². The number of ether oxygens (including phenoxy) is 1. The number of rotatable bonds is 5. The second-order valence-corrected chi connectivity index (χ2v) is 8.13. The number of aryl methyl sites for hydroxylation is 2. The summed E-state index contributed by atoms with van der Waals surface area (Å²) < 4.78 is 6.24. The summed E-state index contributed by atoms with van der Waals surface area (Å²) in [4.78, 5) is 4.54. The maximum atomic E-state index is 6.24. The zero-order valence-electron chi connectivity index (χ0n) is 15.9. The molecule has 1 heterocycles. The first kappa shape index (κ1) is 17.8. The Morgan fingerprint density at radius 3 is 2.12 bits per heavy atom. The molecule has 0 atom stereocenters. The zero-order valence-corrected chi connectivity index (χ0v) is 15.9. The number of hydrogen-bond acceptors (Lipinski definition) is 2. The third-order valence-electron chi connectivity index (χ3n) is 6.65. The molecule has 2 aliphatic carbocycles. The second-order valence-electron chi connectivity index (χ2n) is 8.13. The van der Waals surface area contributed by atoms with E-state index in [1.807, 2.05) is 6.20 Å². The lowest BCUT2D eigenvalue weighted by Gasteiger charge is -2.37.